The minimum absolute atomic E-state index is 0.726. The van der Waals surface area contributed by atoms with E-state index in [0.717, 1.165) is 24.8 Å². The summed E-state index contributed by atoms with van der Waals surface area (Å²) in [5, 5.41) is 0. The zero-order chi connectivity index (χ0) is 12.8. The van der Waals surface area contributed by atoms with Gasteiger partial charge in [0.05, 0.1) is 5.66 Å². The van der Waals surface area contributed by atoms with Crippen LogP contribution in [0, 0.1) is 0 Å². The van der Waals surface area contributed by atoms with Crippen molar-refractivity contribution in [3.8, 4) is 0 Å². The summed E-state index contributed by atoms with van der Waals surface area (Å²) in [6.45, 7) is 0. The molecule has 0 aromatic heterocycles. The molecule has 2 nitrogen and oxygen atoms in total. The Bertz CT molecular complexity index is 463. The van der Waals surface area contributed by atoms with Gasteiger partial charge in [-0.3, -0.25) is 0 Å². The molecule has 2 rings (SSSR count). The summed E-state index contributed by atoms with van der Waals surface area (Å²) >= 11 is 0. The second-order valence-corrected chi connectivity index (χ2v) is 4.75. The first-order valence-corrected chi connectivity index (χ1v) is 6.36. The summed E-state index contributed by atoms with van der Waals surface area (Å²) in [6.07, 6.45) is 2.79. The van der Waals surface area contributed by atoms with Gasteiger partial charge in [-0.05, 0) is 30.4 Å². The molecule has 0 aliphatic carbocycles. The highest BCUT2D eigenvalue weighted by atomic mass is 14.9. The Morgan fingerprint density at radius 2 is 1.33 bits per heavy atom. The predicted molar refractivity (Wildman–Crippen MR) is 75.9 cm³/mol. The van der Waals surface area contributed by atoms with Crippen molar-refractivity contribution in [2.75, 3.05) is 0 Å². The number of nitrogens with two attached hydrogens (primary N) is 2. The lowest BCUT2D eigenvalue weighted by atomic mass is 9.94. The van der Waals surface area contributed by atoms with Gasteiger partial charge in [0, 0.05) is 0 Å². The molecule has 2 aromatic rings. The maximum absolute atomic E-state index is 6.18. The second-order valence-electron chi connectivity index (χ2n) is 4.75. The van der Waals surface area contributed by atoms with Crippen LogP contribution in [0.5, 0.6) is 0 Å². The van der Waals surface area contributed by atoms with E-state index in [0.29, 0.717) is 0 Å². The fourth-order valence-corrected chi connectivity index (χ4v) is 2.12. The molecule has 0 saturated heterocycles. The Hall–Kier alpha value is -1.64. The lowest BCUT2D eigenvalue weighted by Crippen LogP contribution is -2.46. The largest absolute Gasteiger partial charge is 0.310 e. The first-order valence-electron chi connectivity index (χ1n) is 6.36. The van der Waals surface area contributed by atoms with Gasteiger partial charge in [-0.15, -0.1) is 0 Å². The van der Waals surface area contributed by atoms with Crippen molar-refractivity contribution in [1.29, 1.82) is 0 Å². The van der Waals surface area contributed by atoms with Gasteiger partial charge in [0.25, 0.3) is 0 Å². The Morgan fingerprint density at radius 3 is 1.94 bits per heavy atom. The normalized spacial score (nSPS) is 11.4. The molecule has 4 N–H and O–H groups in total. The van der Waals surface area contributed by atoms with Crippen LogP contribution in [0.3, 0.4) is 0 Å². The average molecular weight is 240 g/mol. The Morgan fingerprint density at radius 1 is 0.778 bits per heavy atom. The molecule has 0 saturated carbocycles. The van der Waals surface area contributed by atoms with E-state index >= 15 is 0 Å². The average Bonchev–Trinajstić information content (AvgIpc) is 2.41. The molecule has 18 heavy (non-hydrogen) atoms. The third-order valence-corrected chi connectivity index (χ3v) is 3.21. The van der Waals surface area contributed by atoms with Crippen LogP contribution in [0.1, 0.15) is 24.0 Å². The first-order chi connectivity index (χ1) is 8.68. The monoisotopic (exact) mass is 240 g/mol. The van der Waals surface area contributed by atoms with Gasteiger partial charge in [-0.25, -0.2) is 0 Å². The van der Waals surface area contributed by atoms with Crippen molar-refractivity contribution in [2.45, 2.75) is 24.9 Å². The molecule has 0 heterocycles. The van der Waals surface area contributed by atoms with Crippen molar-refractivity contribution in [3.63, 3.8) is 0 Å². The summed E-state index contributed by atoms with van der Waals surface area (Å²) < 4.78 is 0. The molecule has 0 fully saturated rings. The molecule has 0 spiro atoms. The second kappa shape index (κ2) is 5.80. The highest BCUT2D eigenvalue weighted by Gasteiger charge is 2.20. The van der Waals surface area contributed by atoms with E-state index in [9.17, 15) is 0 Å². The van der Waals surface area contributed by atoms with E-state index < -0.39 is 5.66 Å². The fraction of sp³-hybridized carbons (Fsp3) is 0.250. The van der Waals surface area contributed by atoms with Crippen LogP contribution in [0.15, 0.2) is 60.7 Å². The molecule has 0 aliphatic heterocycles. The first kappa shape index (κ1) is 12.8. The Kier molecular flexibility index (Phi) is 4.13. The van der Waals surface area contributed by atoms with Crippen LogP contribution >= 0.6 is 0 Å². The van der Waals surface area contributed by atoms with Crippen LogP contribution in [-0.4, -0.2) is 0 Å². The van der Waals surface area contributed by atoms with Crippen LogP contribution in [-0.2, 0) is 12.1 Å². The maximum Gasteiger partial charge on any atom is 0.0899 e. The van der Waals surface area contributed by atoms with Crippen LogP contribution < -0.4 is 11.5 Å². The highest BCUT2D eigenvalue weighted by molar-refractivity contribution is 5.22. The molecule has 2 heteroatoms. The van der Waals surface area contributed by atoms with E-state index in [1.54, 1.807) is 0 Å². The predicted octanol–water partition coefficient (Wildman–Crippen LogP) is 2.78. The van der Waals surface area contributed by atoms with Crippen molar-refractivity contribution in [1.82, 2.24) is 0 Å². The molecule has 0 unspecified atom stereocenters. The molecule has 0 amide bonds. The third kappa shape index (κ3) is 3.42. The van der Waals surface area contributed by atoms with Crippen LogP contribution in [0.2, 0.25) is 0 Å². The van der Waals surface area contributed by atoms with Crippen LogP contribution in [0.25, 0.3) is 0 Å². The van der Waals surface area contributed by atoms with Gasteiger partial charge < -0.3 is 11.5 Å². The lowest BCUT2D eigenvalue weighted by molar-refractivity contribution is 0.412. The van der Waals surface area contributed by atoms with Crippen molar-refractivity contribution in [2.24, 2.45) is 11.5 Å². The van der Waals surface area contributed by atoms with Gasteiger partial charge in [-0.1, -0.05) is 60.7 Å². The molecular formula is C16H20N2. The van der Waals surface area contributed by atoms with Crippen LogP contribution in [0.4, 0.5) is 0 Å². The third-order valence-electron chi connectivity index (χ3n) is 3.21. The van der Waals surface area contributed by atoms with E-state index in [4.69, 9.17) is 11.5 Å². The molecule has 0 atom stereocenters. The van der Waals surface area contributed by atoms with Crippen molar-refractivity contribution < 1.29 is 0 Å². The summed E-state index contributed by atoms with van der Waals surface area (Å²) in [5.74, 6) is 0. The fourth-order valence-electron chi connectivity index (χ4n) is 2.12. The molecule has 0 bridgehead atoms. The highest BCUT2D eigenvalue weighted by Crippen LogP contribution is 2.19. The smallest absolute Gasteiger partial charge is 0.0899 e. The minimum atomic E-state index is -0.726. The number of benzene rings is 2. The molecular weight excluding hydrogens is 220 g/mol. The zero-order valence-electron chi connectivity index (χ0n) is 10.5. The number of hydrogen-bond donors (Lipinski definition) is 2. The Balaban J connectivity index is 1.90. The van der Waals surface area contributed by atoms with E-state index in [1.807, 2.05) is 36.4 Å². The van der Waals surface area contributed by atoms with E-state index in [2.05, 4.69) is 24.3 Å². The number of rotatable bonds is 5. The SMILES string of the molecule is NC(N)(CCCc1ccccc1)c1ccccc1. The number of aryl methyl sites for hydroxylation is 1. The topological polar surface area (TPSA) is 52.0 Å². The summed E-state index contributed by atoms with van der Waals surface area (Å²) in [6, 6.07) is 20.3. The van der Waals surface area contributed by atoms with Gasteiger partial charge in [-0.2, -0.15) is 0 Å². The minimum Gasteiger partial charge on any atom is -0.310 e. The quantitative estimate of drug-likeness (QED) is 0.790. The van der Waals surface area contributed by atoms with Gasteiger partial charge in [0.1, 0.15) is 0 Å². The maximum atomic E-state index is 6.18. The zero-order valence-corrected chi connectivity index (χ0v) is 10.5. The molecule has 2 aromatic carbocycles. The van der Waals surface area contributed by atoms with Crippen molar-refractivity contribution in [3.05, 3.63) is 71.8 Å². The molecule has 0 radical (unpaired) electrons. The standard InChI is InChI=1S/C16H20N2/c17-16(18,15-11-5-2-6-12-15)13-7-10-14-8-3-1-4-9-14/h1-6,8-9,11-12H,7,10,13,17-18H2. The van der Waals surface area contributed by atoms with Gasteiger partial charge >= 0.3 is 0 Å². The van der Waals surface area contributed by atoms with E-state index in [1.165, 1.54) is 5.56 Å². The van der Waals surface area contributed by atoms with E-state index in [-0.39, 0.29) is 0 Å². The van der Waals surface area contributed by atoms with Gasteiger partial charge in [0.2, 0.25) is 0 Å². The lowest BCUT2D eigenvalue weighted by Gasteiger charge is -2.25. The summed E-state index contributed by atoms with van der Waals surface area (Å²) in [4.78, 5) is 0. The molecule has 94 valence electrons. The molecule has 0 aliphatic rings. The number of hydrogen-bond acceptors (Lipinski definition) is 2. The Labute approximate surface area is 109 Å². The summed E-state index contributed by atoms with van der Waals surface area (Å²) in [7, 11) is 0. The van der Waals surface area contributed by atoms with Gasteiger partial charge in [0.15, 0.2) is 0 Å². The summed E-state index contributed by atoms with van der Waals surface area (Å²) in [5.41, 5.74) is 14.0. The van der Waals surface area contributed by atoms with Crippen molar-refractivity contribution >= 4 is 0 Å².